The molecule has 0 unspecified atom stereocenters. The van der Waals surface area contributed by atoms with Crippen molar-refractivity contribution in [3.05, 3.63) is 54.6 Å². The summed E-state index contributed by atoms with van der Waals surface area (Å²) in [5, 5.41) is 6.83. The van der Waals surface area contributed by atoms with Gasteiger partial charge in [0.25, 0.3) is 0 Å². The Hall–Kier alpha value is -3.28. The Morgan fingerprint density at radius 2 is 1.78 bits per heavy atom. The maximum atomic E-state index is 11.8. The van der Waals surface area contributed by atoms with Crippen LogP contribution in [0.25, 0.3) is 22.6 Å². The van der Waals surface area contributed by atoms with Crippen LogP contribution in [-0.2, 0) is 4.74 Å². The number of anilines is 1. The molecule has 0 radical (unpaired) electrons. The maximum Gasteiger partial charge on any atom is 0.412 e. The van der Waals surface area contributed by atoms with Gasteiger partial charge in [-0.05, 0) is 45.0 Å². The molecular weight excluding hydrogens is 344 g/mol. The Morgan fingerprint density at radius 1 is 1.04 bits per heavy atom. The average molecular weight is 366 g/mol. The lowest BCUT2D eigenvalue weighted by atomic mass is 10.1. The summed E-state index contributed by atoms with van der Waals surface area (Å²) in [6.07, 6.45) is -0.489. The van der Waals surface area contributed by atoms with E-state index in [1.165, 1.54) is 0 Å². The van der Waals surface area contributed by atoms with Gasteiger partial charge in [0.1, 0.15) is 17.0 Å². The molecule has 1 amide bonds. The number of nitrogens with one attached hydrogen (secondary N) is 1. The Kier molecular flexibility index (Phi) is 5.16. The predicted molar refractivity (Wildman–Crippen MR) is 104 cm³/mol. The molecule has 1 heterocycles. The minimum atomic E-state index is -0.540. The Balaban J connectivity index is 1.72. The normalized spacial score (nSPS) is 11.1. The molecular formula is C21H22N2O4. The lowest BCUT2D eigenvalue weighted by molar-refractivity contribution is 0.0636. The fraction of sp³-hybridized carbons (Fsp3) is 0.238. The zero-order valence-electron chi connectivity index (χ0n) is 15.8. The predicted octanol–water partition coefficient (Wildman–Crippen LogP) is 5.36. The number of benzene rings is 2. The first kappa shape index (κ1) is 18.5. The topological polar surface area (TPSA) is 73.6 Å². The second-order valence-corrected chi connectivity index (χ2v) is 7.01. The van der Waals surface area contributed by atoms with Gasteiger partial charge in [0.05, 0.1) is 7.11 Å². The lowest BCUT2D eigenvalue weighted by Gasteiger charge is -2.19. The van der Waals surface area contributed by atoms with Gasteiger partial charge in [-0.25, -0.2) is 4.79 Å². The van der Waals surface area contributed by atoms with E-state index in [0.29, 0.717) is 17.1 Å². The lowest BCUT2D eigenvalue weighted by Crippen LogP contribution is -2.27. The number of carbonyl (C=O) groups excluding carboxylic acids is 1. The summed E-state index contributed by atoms with van der Waals surface area (Å²) in [6, 6.07) is 16.8. The number of aromatic nitrogens is 1. The number of methoxy groups -OCH3 is 1. The number of ether oxygens (including phenoxy) is 2. The van der Waals surface area contributed by atoms with Crippen molar-refractivity contribution < 1.29 is 18.8 Å². The molecule has 0 saturated carbocycles. The van der Waals surface area contributed by atoms with E-state index in [9.17, 15) is 4.79 Å². The second-order valence-electron chi connectivity index (χ2n) is 7.01. The van der Waals surface area contributed by atoms with Crippen LogP contribution in [0.2, 0.25) is 0 Å². The number of nitrogens with zero attached hydrogens (tertiary/aromatic N) is 1. The van der Waals surface area contributed by atoms with Crippen molar-refractivity contribution in [1.82, 2.24) is 5.16 Å². The first-order valence-corrected chi connectivity index (χ1v) is 8.56. The van der Waals surface area contributed by atoms with Crippen molar-refractivity contribution in [2.75, 3.05) is 12.4 Å². The van der Waals surface area contributed by atoms with E-state index in [0.717, 1.165) is 16.9 Å². The maximum absolute atomic E-state index is 11.8. The Labute approximate surface area is 158 Å². The average Bonchev–Trinajstić information content (AvgIpc) is 3.11. The second kappa shape index (κ2) is 7.53. The minimum absolute atomic E-state index is 0.489. The number of hydrogen-bond acceptors (Lipinski definition) is 5. The van der Waals surface area contributed by atoms with Crippen molar-refractivity contribution in [1.29, 1.82) is 0 Å². The molecule has 3 rings (SSSR count). The summed E-state index contributed by atoms with van der Waals surface area (Å²) in [6.45, 7) is 5.46. The van der Waals surface area contributed by atoms with Crippen LogP contribution in [0.15, 0.2) is 59.1 Å². The summed E-state index contributed by atoms with van der Waals surface area (Å²) in [7, 11) is 1.62. The number of amides is 1. The summed E-state index contributed by atoms with van der Waals surface area (Å²) >= 11 is 0. The van der Waals surface area contributed by atoms with Crippen molar-refractivity contribution in [3.8, 4) is 28.3 Å². The molecule has 0 atom stereocenters. The van der Waals surface area contributed by atoms with E-state index in [1.54, 1.807) is 19.2 Å². The molecule has 1 aromatic heterocycles. The third kappa shape index (κ3) is 4.88. The first-order valence-electron chi connectivity index (χ1n) is 8.56. The van der Waals surface area contributed by atoms with Crippen molar-refractivity contribution in [2.24, 2.45) is 0 Å². The van der Waals surface area contributed by atoms with Gasteiger partial charge in [-0.2, -0.15) is 0 Å². The molecule has 0 saturated heterocycles. The SMILES string of the molecule is COc1cccc(-c2cc(-c3ccc(NC(=O)OC(C)(C)C)cc3)no2)c1. The van der Waals surface area contributed by atoms with Gasteiger partial charge >= 0.3 is 6.09 Å². The molecule has 0 aliphatic rings. The third-order valence-corrected chi connectivity index (χ3v) is 3.69. The molecule has 0 bridgehead atoms. The smallest absolute Gasteiger partial charge is 0.412 e. The Bertz CT molecular complexity index is 924. The van der Waals surface area contributed by atoms with Gasteiger partial charge in [0, 0.05) is 22.9 Å². The van der Waals surface area contributed by atoms with E-state index in [2.05, 4.69) is 10.5 Å². The minimum Gasteiger partial charge on any atom is -0.497 e. The molecule has 3 aromatic rings. The standard InChI is InChI=1S/C21H22N2O4/c1-21(2,3)26-20(24)22-16-10-8-14(9-11-16)18-13-19(27-23-18)15-6-5-7-17(12-15)25-4/h5-13H,1-4H3,(H,22,24). The first-order chi connectivity index (χ1) is 12.8. The molecule has 6 heteroatoms. The summed E-state index contributed by atoms with van der Waals surface area (Å²) in [4.78, 5) is 11.8. The molecule has 140 valence electrons. The monoisotopic (exact) mass is 366 g/mol. The zero-order valence-corrected chi connectivity index (χ0v) is 15.8. The Morgan fingerprint density at radius 3 is 2.44 bits per heavy atom. The van der Waals surface area contributed by atoms with Gasteiger partial charge in [-0.15, -0.1) is 0 Å². The highest BCUT2D eigenvalue weighted by molar-refractivity contribution is 5.85. The highest BCUT2D eigenvalue weighted by Gasteiger charge is 2.16. The third-order valence-electron chi connectivity index (χ3n) is 3.69. The van der Waals surface area contributed by atoms with E-state index < -0.39 is 11.7 Å². The summed E-state index contributed by atoms with van der Waals surface area (Å²) < 4.78 is 15.9. The number of carbonyl (C=O) groups is 1. The van der Waals surface area contributed by atoms with Crippen LogP contribution >= 0.6 is 0 Å². The van der Waals surface area contributed by atoms with Gasteiger partial charge < -0.3 is 14.0 Å². The van der Waals surface area contributed by atoms with E-state index in [4.69, 9.17) is 14.0 Å². The summed E-state index contributed by atoms with van der Waals surface area (Å²) in [5.41, 5.74) is 2.57. The largest absolute Gasteiger partial charge is 0.497 e. The molecule has 0 aliphatic heterocycles. The van der Waals surface area contributed by atoms with Gasteiger partial charge in [0.15, 0.2) is 5.76 Å². The van der Waals surface area contributed by atoms with Crippen LogP contribution in [0.3, 0.4) is 0 Å². The van der Waals surface area contributed by atoms with Crippen LogP contribution in [0.4, 0.5) is 10.5 Å². The number of hydrogen-bond donors (Lipinski definition) is 1. The van der Waals surface area contributed by atoms with E-state index in [-0.39, 0.29) is 0 Å². The number of rotatable bonds is 4. The van der Waals surface area contributed by atoms with Gasteiger partial charge in [-0.1, -0.05) is 29.4 Å². The van der Waals surface area contributed by atoms with Gasteiger partial charge in [-0.3, -0.25) is 5.32 Å². The van der Waals surface area contributed by atoms with Crippen LogP contribution in [0.1, 0.15) is 20.8 Å². The van der Waals surface area contributed by atoms with Crippen molar-refractivity contribution >= 4 is 11.8 Å². The zero-order chi connectivity index (χ0) is 19.4. The van der Waals surface area contributed by atoms with Crippen LogP contribution in [0, 0.1) is 0 Å². The summed E-state index contributed by atoms with van der Waals surface area (Å²) in [5.74, 6) is 1.41. The van der Waals surface area contributed by atoms with Crippen LogP contribution < -0.4 is 10.1 Å². The van der Waals surface area contributed by atoms with Crippen LogP contribution in [0.5, 0.6) is 5.75 Å². The fourth-order valence-corrected chi connectivity index (χ4v) is 2.47. The fourth-order valence-electron chi connectivity index (χ4n) is 2.47. The van der Waals surface area contributed by atoms with Crippen molar-refractivity contribution in [2.45, 2.75) is 26.4 Å². The van der Waals surface area contributed by atoms with Crippen molar-refractivity contribution in [3.63, 3.8) is 0 Å². The molecule has 6 nitrogen and oxygen atoms in total. The van der Waals surface area contributed by atoms with E-state index >= 15 is 0 Å². The quantitative estimate of drug-likeness (QED) is 0.672. The molecule has 0 fully saturated rings. The highest BCUT2D eigenvalue weighted by atomic mass is 16.6. The van der Waals surface area contributed by atoms with Gasteiger partial charge in [0.2, 0.25) is 0 Å². The molecule has 0 spiro atoms. The van der Waals surface area contributed by atoms with Crippen LogP contribution in [-0.4, -0.2) is 24.0 Å². The highest BCUT2D eigenvalue weighted by Crippen LogP contribution is 2.28. The molecule has 27 heavy (non-hydrogen) atoms. The van der Waals surface area contributed by atoms with E-state index in [1.807, 2.05) is 63.2 Å². The molecule has 0 aliphatic carbocycles. The molecule has 1 N–H and O–H groups in total. The molecule has 2 aromatic carbocycles.